The Morgan fingerprint density at radius 3 is 2.42 bits per heavy atom. The summed E-state index contributed by atoms with van der Waals surface area (Å²) in [4.78, 5) is 21.6. The molecule has 0 saturated heterocycles. The highest BCUT2D eigenvalue weighted by atomic mass is 32.2. The van der Waals surface area contributed by atoms with Gasteiger partial charge in [0.25, 0.3) is 5.91 Å². The third-order valence-corrected chi connectivity index (χ3v) is 14.4. The number of rotatable bonds is 11. The van der Waals surface area contributed by atoms with E-state index >= 15 is 0 Å². The van der Waals surface area contributed by atoms with Crippen LogP contribution in [0.15, 0.2) is 96.5 Å². The lowest BCUT2D eigenvalue weighted by Gasteiger charge is -2.53. The fourth-order valence-corrected chi connectivity index (χ4v) is 7.27. The number of hydrogen-bond donors (Lipinski definition) is 0. The van der Waals surface area contributed by atoms with E-state index in [-0.39, 0.29) is 29.5 Å². The maximum atomic E-state index is 14.4. The lowest BCUT2D eigenvalue weighted by molar-refractivity contribution is -0.113. The predicted octanol–water partition coefficient (Wildman–Crippen LogP) is 8.11. The van der Waals surface area contributed by atoms with E-state index in [1.165, 1.54) is 11.8 Å². The van der Waals surface area contributed by atoms with Gasteiger partial charge in [0.2, 0.25) is 5.72 Å². The predicted molar refractivity (Wildman–Crippen MR) is 185 cm³/mol. The topological polar surface area (TPSA) is 69.6 Å². The van der Waals surface area contributed by atoms with Crippen LogP contribution in [0.25, 0.3) is 0 Å². The number of hydrogen-bond acceptors (Lipinski definition) is 7. The second-order valence-electron chi connectivity index (χ2n) is 13.0. The number of carbonyl (C=O) groups is 1. The van der Waals surface area contributed by atoms with Gasteiger partial charge in [-0.05, 0) is 54.0 Å². The molecule has 2 heterocycles. The number of para-hydroxylation sites is 1. The fourth-order valence-electron chi connectivity index (χ4n) is 5.42. The zero-order chi connectivity index (χ0) is 32.2. The molecule has 0 N–H and O–H groups in total. The van der Waals surface area contributed by atoms with Crippen molar-refractivity contribution >= 4 is 31.2 Å². The van der Waals surface area contributed by atoms with Crippen molar-refractivity contribution in [1.29, 1.82) is 0 Å². The first-order valence-corrected chi connectivity index (χ1v) is 19.2. The van der Waals surface area contributed by atoms with E-state index in [0.717, 1.165) is 16.9 Å². The number of aliphatic imine (C=N–C) groups is 1. The first-order chi connectivity index (χ1) is 21.5. The lowest BCUT2D eigenvalue weighted by atomic mass is 9.80. The molecule has 0 spiro atoms. The number of ether oxygens (including phenoxy) is 3. The summed E-state index contributed by atoms with van der Waals surface area (Å²) < 4.78 is 25.6. The van der Waals surface area contributed by atoms with Crippen LogP contribution >= 0.6 is 11.8 Å². The van der Waals surface area contributed by atoms with E-state index in [0.29, 0.717) is 35.4 Å². The summed E-state index contributed by atoms with van der Waals surface area (Å²) >= 11 is 1.48. The lowest BCUT2D eigenvalue weighted by Crippen LogP contribution is -2.63. The van der Waals surface area contributed by atoms with Crippen LogP contribution in [0.4, 0.5) is 0 Å². The van der Waals surface area contributed by atoms with E-state index in [4.69, 9.17) is 23.6 Å². The van der Waals surface area contributed by atoms with E-state index in [1.54, 1.807) is 7.11 Å². The number of nitrogens with zero attached hydrogens (tertiary/aromatic N) is 2. The van der Waals surface area contributed by atoms with Crippen LogP contribution in [0.1, 0.15) is 48.3 Å². The summed E-state index contributed by atoms with van der Waals surface area (Å²) in [5, 5.41) is 0.585. The molecule has 3 atom stereocenters. The molecule has 0 radical (unpaired) electrons. The van der Waals surface area contributed by atoms with Crippen molar-refractivity contribution in [1.82, 2.24) is 4.90 Å². The molecule has 0 fully saturated rings. The van der Waals surface area contributed by atoms with Crippen molar-refractivity contribution in [3.05, 3.63) is 108 Å². The number of fused-ring (bicyclic) bond motifs is 4. The van der Waals surface area contributed by atoms with Crippen LogP contribution in [-0.4, -0.2) is 56.1 Å². The summed E-state index contributed by atoms with van der Waals surface area (Å²) in [6, 6.07) is 24.8. The van der Waals surface area contributed by atoms with Crippen LogP contribution in [-0.2, 0) is 15.8 Å². The summed E-state index contributed by atoms with van der Waals surface area (Å²) in [7, 11) is -0.531. The fraction of sp³-hybridized carbons (Fsp3) is 0.389. The largest absolute Gasteiger partial charge is 0.497 e. The van der Waals surface area contributed by atoms with Gasteiger partial charge >= 0.3 is 0 Å². The summed E-state index contributed by atoms with van der Waals surface area (Å²) in [5.74, 6) is 1.62. The molecule has 2 aliphatic heterocycles. The number of amidine groups is 1. The highest BCUT2D eigenvalue weighted by Gasteiger charge is 2.58. The third-order valence-electron chi connectivity index (χ3n) is 8.99. The first kappa shape index (κ1) is 33.0. The Morgan fingerprint density at radius 1 is 1.07 bits per heavy atom. The van der Waals surface area contributed by atoms with E-state index in [1.807, 2.05) is 89.8 Å². The van der Waals surface area contributed by atoms with Gasteiger partial charge in [0.05, 0.1) is 25.7 Å². The molecule has 3 aromatic carbocycles. The Balaban J connectivity index is 1.61. The van der Waals surface area contributed by atoms with Gasteiger partial charge in [-0.1, -0.05) is 87.1 Å². The molecule has 2 bridgehead atoms. The molecular weight excluding hydrogens is 601 g/mol. The Kier molecular flexibility index (Phi) is 9.93. The highest BCUT2D eigenvalue weighted by Crippen LogP contribution is 2.52. The molecule has 9 heteroatoms. The molecule has 238 valence electrons. The van der Waals surface area contributed by atoms with Gasteiger partial charge in [0.15, 0.2) is 13.5 Å². The normalized spacial score (nSPS) is 20.9. The Hall–Kier alpha value is -3.37. The summed E-state index contributed by atoms with van der Waals surface area (Å²) in [6.07, 6.45) is 1.82. The minimum absolute atomic E-state index is 0.00135. The maximum Gasteiger partial charge on any atom is 0.260 e. The first-order valence-electron chi connectivity index (χ1n) is 15.3. The molecule has 7 nitrogen and oxygen atoms in total. The monoisotopic (exact) mass is 644 g/mol. The van der Waals surface area contributed by atoms with Gasteiger partial charge in [-0.25, -0.2) is 4.99 Å². The Labute approximate surface area is 272 Å². The quantitative estimate of drug-likeness (QED) is 0.155. The van der Waals surface area contributed by atoms with Crippen molar-refractivity contribution < 1.29 is 23.4 Å². The van der Waals surface area contributed by atoms with Crippen molar-refractivity contribution in [2.45, 2.75) is 57.3 Å². The molecule has 1 amide bonds. The number of thioether (sulfide) groups is 1. The number of carbonyl (C=O) groups excluding carboxylic acids is 1. The molecule has 2 aliphatic rings. The second kappa shape index (κ2) is 13.5. The Morgan fingerprint density at radius 2 is 1.76 bits per heavy atom. The molecule has 0 aromatic heterocycles. The average molecular weight is 645 g/mol. The summed E-state index contributed by atoms with van der Waals surface area (Å²) in [6.45, 7) is 16.0. The second-order valence-corrected chi connectivity index (χ2v) is 18.8. The molecule has 0 unspecified atom stereocenters. The summed E-state index contributed by atoms with van der Waals surface area (Å²) in [5.41, 5.74) is 1.42. The SMILES string of the molecule is C=CCSC1=N[C@@]2(COCc3ccc(OC)cc3)Oc3ccccc3[C@H]([C@H]2CO[Si](C)(C)C(C)(C)C)N1C(=O)c1ccccc1. The van der Waals surface area contributed by atoms with Crippen LogP contribution in [0, 0.1) is 5.92 Å². The van der Waals surface area contributed by atoms with Crippen LogP contribution in [0.5, 0.6) is 11.5 Å². The maximum absolute atomic E-state index is 14.4. The minimum Gasteiger partial charge on any atom is -0.497 e. The van der Waals surface area contributed by atoms with Crippen molar-refractivity contribution in [2.75, 3.05) is 26.1 Å². The van der Waals surface area contributed by atoms with Crippen LogP contribution in [0.3, 0.4) is 0 Å². The number of benzene rings is 3. The molecule has 5 rings (SSSR count). The highest BCUT2D eigenvalue weighted by molar-refractivity contribution is 8.13. The molecule has 45 heavy (non-hydrogen) atoms. The van der Waals surface area contributed by atoms with Gasteiger partial charge in [-0.3, -0.25) is 9.69 Å². The minimum atomic E-state index is -2.18. The number of amides is 1. The molecule has 0 aliphatic carbocycles. The smallest absolute Gasteiger partial charge is 0.260 e. The standard InChI is InChI=1S/C36H44N2O5SSi/c1-8-22-44-34-37-36(25-41-23-26-18-20-28(40-5)21-19-26)30(24-42-45(6,7)35(2,3)4)32(29-16-12-13-17-31(29)43-36)38(34)33(39)27-14-10-9-11-15-27/h8-21,30,32H,1,22-25H2,2-7H3/t30-,32-,36+/m1/s1. The van der Waals surface area contributed by atoms with Gasteiger partial charge in [0, 0.05) is 23.5 Å². The third kappa shape index (κ3) is 6.91. The zero-order valence-corrected chi connectivity index (χ0v) is 28.9. The van der Waals surface area contributed by atoms with E-state index in [9.17, 15) is 4.79 Å². The zero-order valence-electron chi connectivity index (χ0n) is 27.1. The van der Waals surface area contributed by atoms with E-state index in [2.05, 4.69) is 40.4 Å². The molecular formula is C36H44N2O5SSi. The van der Waals surface area contributed by atoms with Crippen LogP contribution in [0.2, 0.25) is 18.1 Å². The van der Waals surface area contributed by atoms with Gasteiger partial charge in [-0.2, -0.15) is 0 Å². The van der Waals surface area contributed by atoms with Crippen molar-refractivity contribution in [2.24, 2.45) is 10.9 Å². The van der Waals surface area contributed by atoms with Gasteiger partial charge in [0.1, 0.15) is 18.1 Å². The van der Waals surface area contributed by atoms with Crippen molar-refractivity contribution in [3.8, 4) is 11.5 Å². The number of methoxy groups -OCH3 is 1. The van der Waals surface area contributed by atoms with Crippen LogP contribution < -0.4 is 9.47 Å². The van der Waals surface area contributed by atoms with Crippen molar-refractivity contribution in [3.63, 3.8) is 0 Å². The van der Waals surface area contributed by atoms with Gasteiger partial charge < -0.3 is 18.6 Å². The average Bonchev–Trinajstić information content (AvgIpc) is 3.02. The van der Waals surface area contributed by atoms with E-state index < -0.39 is 14.0 Å². The molecule has 3 aromatic rings. The van der Waals surface area contributed by atoms with Gasteiger partial charge in [-0.15, -0.1) is 6.58 Å². The molecule has 0 saturated carbocycles. The Bertz CT molecular complexity index is 1520.